The molecular weight excluding hydrogens is 353 g/mol. The van der Waals surface area contributed by atoms with Gasteiger partial charge in [0.15, 0.2) is 22.5 Å². The fourth-order valence-electron chi connectivity index (χ4n) is 1.92. The van der Waals surface area contributed by atoms with E-state index in [1.54, 1.807) is 0 Å². The molecule has 0 aliphatic rings. The van der Waals surface area contributed by atoms with Crippen LogP contribution in [-0.2, 0) is 14.4 Å². The zero-order valence-electron chi connectivity index (χ0n) is 13.9. The lowest BCUT2D eigenvalue weighted by molar-refractivity contribution is -0.141. The van der Waals surface area contributed by atoms with Crippen LogP contribution >= 0.6 is 11.8 Å². The minimum absolute atomic E-state index is 0.0175. The van der Waals surface area contributed by atoms with Crippen LogP contribution in [0.3, 0.4) is 0 Å². The van der Waals surface area contributed by atoms with Gasteiger partial charge in [-0.2, -0.15) is 0 Å². The number of Topliss-reactive ketones (excluding diaryl/α,β-unsaturated/α-hetero) is 1. The first kappa shape index (κ1) is 20.6. The molecule has 1 amide bonds. The quantitative estimate of drug-likeness (QED) is 0.669. The summed E-state index contributed by atoms with van der Waals surface area (Å²) in [6.45, 7) is 2.51. The number of aliphatic carboxylic acids is 1. The van der Waals surface area contributed by atoms with Crippen molar-refractivity contribution in [1.82, 2.24) is 5.32 Å². The fraction of sp³-hybridized carbons (Fsp3) is 0.375. The predicted molar refractivity (Wildman–Crippen MR) is 89.2 cm³/mol. The van der Waals surface area contributed by atoms with Gasteiger partial charge in [0, 0.05) is 18.9 Å². The van der Waals surface area contributed by atoms with Crippen LogP contribution in [0.25, 0.3) is 0 Å². The van der Waals surface area contributed by atoms with E-state index in [2.05, 4.69) is 5.32 Å². The second-order valence-corrected chi connectivity index (χ2v) is 6.52. The van der Waals surface area contributed by atoms with Crippen molar-refractivity contribution < 1.29 is 33.4 Å². The number of ketones is 1. The zero-order valence-corrected chi connectivity index (χ0v) is 14.7. The standard InChI is InChI=1S/C16H18FNO6S/c1-8(16(22)23)18-14(20)7-13(25-9(2)19)15(21)10-4-5-12(24-3)11(17)6-10/h4-6,8,13H,7H2,1-3H3,(H,18,20)(H,22,23)/t8-,13?/m0/s1. The summed E-state index contributed by atoms with van der Waals surface area (Å²) in [4.78, 5) is 46.5. The van der Waals surface area contributed by atoms with Gasteiger partial charge in [-0.15, -0.1) is 0 Å². The predicted octanol–water partition coefficient (Wildman–Crippen LogP) is 1.64. The maximum Gasteiger partial charge on any atom is 0.325 e. The lowest BCUT2D eigenvalue weighted by atomic mass is 10.1. The molecule has 0 aromatic heterocycles. The molecule has 1 rings (SSSR count). The van der Waals surface area contributed by atoms with Crippen molar-refractivity contribution >= 4 is 34.5 Å². The Hall–Kier alpha value is -2.42. The van der Waals surface area contributed by atoms with E-state index < -0.39 is 46.3 Å². The fourth-order valence-corrected chi connectivity index (χ4v) is 2.80. The number of nitrogens with one attached hydrogen (secondary N) is 1. The molecule has 0 fully saturated rings. The molecule has 0 heterocycles. The van der Waals surface area contributed by atoms with Gasteiger partial charge in [-0.3, -0.25) is 19.2 Å². The van der Waals surface area contributed by atoms with E-state index in [0.717, 1.165) is 6.07 Å². The number of rotatable bonds is 8. The van der Waals surface area contributed by atoms with Crippen LogP contribution in [-0.4, -0.2) is 46.3 Å². The summed E-state index contributed by atoms with van der Waals surface area (Å²) in [6.07, 6.45) is -0.408. The van der Waals surface area contributed by atoms with Crippen molar-refractivity contribution in [3.8, 4) is 5.75 Å². The van der Waals surface area contributed by atoms with Crippen molar-refractivity contribution in [3.05, 3.63) is 29.6 Å². The number of benzene rings is 1. The van der Waals surface area contributed by atoms with Crippen molar-refractivity contribution in [2.75, 3.05) is 7.11 Å². The minimum Gasteiger partial charge on any atom is -0.494 e. The number of carbonyl (C=O) groups excluding carboxylic acids is 3. The van der Waals surface area contributed by atoms with Crippen molar-refractivity contribution in [2.45, 2.75) is 31.6 Å². The molecule has 2 N–H and O–H groups in total. The SMILES string of the molecule is COc1ccc(C(=O)C(CC(=O)N[C@@H](C)C(=O)O)SC(C)=O)cc1F. The molecule has 0 aliphatic carbocycles. The van der Waals surface area contributed by atoms with Crippen molar-refractivity contribution in [2.24, 2.45) is 0 Å². The Bertz CT molecular complexity index is 693. The summed E-state index contributed by atoms with van der Waals surface area (Å²) >= 11 is 0.632. The Kier molecular flexibility index (Phi) is 7.56. The molecule has 0 radical (unpaired) electrons. The summed E-state index contributed by atoms with van der Waals surface area (Å²) in [5.74, 6) is -3.33. The average molecular weight is 371 g/mol. The van der Waals surface area contributed by atoms with E-state index in [0.29, 0.717) is 11.8 Å². The van der Waals surface area contributed by atoms with Crippen LogP contribution in [0.1, 0.15) is 30.6 Å². The van der Waals surface area contributed by atoms with E-state index in [-0.39, 0.29) is 11.3 Å². The Morgan fingerprint density at radius 1 is 1.32 bits per heavy atom. The number of halogens is 1. The summed E-state index contributed by atoms with van der Waals surface area (Å²) in [6, 6.07) is 2.43. The molecule has 1 unspecified atom stereocenters. The molecule has 0 aliphatic heterocycles. The zero-order chi connectivity index (χ0) is 19.1. The van der Waals surface area contributed by atoms with E-state index in [1.165, 1.54) is 33.1 Å². The van der Waals surface area contributed by atoms with Crippen LogP contribution in [0.15, 0.2) is 18.2 Å². The smallest absolute Gasteiger partial charge is 0.325 e. The molecule has 0 bridgehead atoms. The van der Waals surface area contributed by atoms with Crippen molar-refractivity contribution in [3.63, 3.8) is 0 Å². The number of carboxylic acids is 1. The Morgan fingerprint density at radius 2 is 1.96 bits per heavy atom. The molecule has 0 spiro atoms. The van der Waals surface area contributed by atoms with Crippen molar-refractivity contribution in [1.29, 1.82) is 0 Å². The summed E-state index contributed by atoms with van der Waals surface area (Å²) in [5, 5.41) is 9.50. The van der Waals surface area contributed by atoms with Gasteiger partial charge < -0.3 is 15.2 Å². The first-order valence-electron chi connectivity index (χ1n) is 7.22. The molecule has 2 atom stereocenters. The number of hydrogen-bond donors (Lipinski definition) is 2. The third-order valence-electron chi connectivity index (χ3n) is 3.16. The molecule has 7 nitrogen and oxygen atoms in total. The van der Waals surface area contributed by atoms with Gasteiger partial charge in [0.2, 0.25) is 5.91 Å². The number of ether oxygens (including phenoxy) is 1. The van der Waals surface area contributed by atoms with Gasteiger partial charge in [0.1, 0.15) is 6.04 Å². The van der Waals surface area contributed by atoms with Crippen LogP contribution < -0.4 is 10.1 Å². The highest BCUT2D eigenvalue weighted by atomic mass is 32.2. The maximum absolute atomic E-state index is 13.8. The van der Waals surface area contributed by atoms with Crippen LogP contribution in [0, 0.1) is 5.82 Å². The Morgan fingerprint density at radius 3 is 2.44 bits per heavy atom. The molecule has 25 heavy (non-hydrogen) atoms. The van der Waals surface area contributed by atoms with E-state index in [9.17, 15) is 23.6 Å². The third-order valence-corrected chi connectivity index (χ3v) is 4.15. The lowest BCUT2D eigenvalue weighted by Gasteiger charge is -2.15. The van der Waals surface area contributed by atoms with E-state index in [4.69, 9.17) is 9.84 Å². The average Bonchev–Trinajstić information content (AvgIpc) is 2.52. The third kappa shape index (κ3) is 6.18. The largest absolute Gasteiger partial charge is 0.494 e. The number of carbonyl (C=O) groups is 4. The molecule has 0 saturated heterocycles. The first-order chi connectivity index (χ1) is 11.6. The second kappa shape index (κ2) is 9.16. The highest BCUT2D eigenvalue weighted by Crippen LogP contribution is 2.24. The minimum atomic E-state index is -1.23. The topological polar surface area (TPSA) is 110 Å². The number of thioether (sulfide) groups is 1. The van der Waals surface area contributed by atoms with Gasteiger partial charge in [-0.25, -0.2) is 4.39 Å². The van der Waals surface area contributed by atoms with Gasteiger partial charge >= 0.3 is 5.97 Å². The highest BCUT2D eigenvalue weighted by molar-refractivity contribution is 8.14. The van der Waals surface area contributed by atoms with Gasteiger partial charge in [-0.1, -0.05) is 11.8 Å². The van der Waals surface area contributed by atoms with E-state index >= 15 is 0 Å². The Labute approximate surface area is 147 Å². The molecule has 9 heteroatoms. The molecule has 1 aromatic carbocycles. The van der Waals surface area contributed by atoms with Crippen LogP contribution in [0.4, 0.5) is 4.39 Å². The number of methoxy groups -OCH3 is 1. The first-order valence-corrected chi connectivity index (χ1v) is 8.10. The van der Waals surface area contributed by atoms with Crippen LogP contribution in [0.5, 0.6) is 5.75 Å². The summed E-state index contributed by atoms with van der Waals surface area (Å²) < 4.78 is 18.5. The number of carboxylic acid groups (broad SMARTS) is 1. The normalized spacial score (nSPS) is 12.8. The van der Waals surface area contributed by atoms with Gasteiger partial charge in [0.05, 0.1) is 12.4 Å². The Balaban J connectivity index is 2.95. The molecular formula is C16H18FNO6S. The second-order valence-electron chi connectivity index (χ2n) is 5.14. The number of amides is 1. The van der Waals surface area contributed by atoms with Gasteiger partial charge in [0.25, 0.3) is 0 Å². The highest BCUT2D eigenvalue weighted by Gasteiger charge is 2.27. The monoisotopic (exact) mass is 371 g/mol. The molecule has 136 valence electrons. The maximum atomic E-state index is 13.8. The number of hydrogen-bond acceptors (Lipinski definition) is 6. The van der Waals surface area contributed by atoms with Gasteiger partial charge in [-0.05, 0) is 25.1 Å². The van der Waals surface area contributed by atoms with Crippen LogP contribution in [0.2, 0.25) is 0 Å². The summed E-state index contributed by atoms with van der Waals surface area (Å²) in [7, 11) is 1.28. The summed E-state index contributed by atoms with van der Waals surface area (Å²) in [5.41, 5.74) is -0.0175. The molecule has 0 saturated carbocycles. The lowest BCUT2D eigenvalue weighted by Crippen LogP contribution is -2.40. The van der Waals surface area contributed by atoms with E-state index in [1.807, 2.05) is 0 Å². The molecule has 1 aromatic rings.